The predicted molar refractivity (Wildman–Crippen MR) is 73.4 cm³/mol. The predicted octanol–water partition coefficient (Wildman–Crippen LogP) is 1.77. The standard InChI is InChI=1S/C14H27N3O/c1-14(12-15,16-2)8-4-5-9-17(3)13-6-10-18-11-7-13/h13,16H,4-11H2,1-3H3. The largest absolute Gasteiger partial charge is 0.381 e. The van der Waals surface area contributed by atoms with Gasteiger partial charge in [0.1, 0.15) is 5.54 Å². The Morgan fingerprint density at radius 3 is 2.61 bits per heavy atom. The van der Waals surface area contributed by atoms with E-state index in [1.807, 2.05) is 14.0 Å². The third kappa shape index (κ3) is 4.93. The Hall–Kier alpha value is -0.630. The summed E-state index contributed by atoms with van der Waals surface area (Å²) in [6.07, 6.45) is 5.48. The van der Waals surface area contributed by atoms with Crippen LogP contribution in [0.1, 0.15) is 39.0 Å². The molecule has 1 aliphatic heterocycles. The zero-order chi connectivity index (χ0) is 13.4. The lowest BCUT2D eigenvalue weighted by atomic mass is 9.96. The smallest absolute Gasteiger partial charge is 0.103 e. The number of unbranched alkanes of at least 4 members (excludes halogenated alkanes) is 1. The molecule has 0 saturated carbocycles. The van der Waals surface area contributed by atoms with Gasteiger partial charge >= 0.3 is 0 Å². The third-order valence-electron chi connectivity index (χ3n) is 4.05. The topological polar surface area (TPSA) is 48.3 Å². The maximum absolute atomic E-state index is 9.06. The van der Waals surface area contributed by atoms with Crippen molar-refractivity contribution in [3.8, 4) is 6.07 Å². The fourth-order valence-electron chi connectivity index (χ4n) is 2.39. The number of ether oxygens (including phenoxy) is 1. The number of nitriles is 1. The minimum absolute atomic E-state index is 0.364. The molecule has 1 atom stereocenters. The first-order chi connectivity index (χ1) is 8.61. The molecule has 1 fully saturated rings. The maximum Gasteiger partial charge on any atom is 0.103 e. The summed E-state index contributed by atoms with van der Waals surface area (Å²) in [5.74, 6) is 0. The van der Waals surface area contributed by atoms with E-state index in [4.69, 9.17) is 10.00 Å². The number of nitrogens with one attached hydrogen (secondary N) is 1. The first kappa shape index (κ1) is 15.4. The SMILES string of the molecule is CNC(C)(C#N)CCCCN(C)C1CCOCC1. The van der Waals surface area contributed by atoms with E-state index in [0.29, 0.717) is 6.04 Å². The van der Waals surface area contributed by atoms with Crippen molar-refractivity contribution in [3.05, 3.63) is 0 Å². The second kappa shape index (κ2) is 7.73. The summed E-state index contributed by atoms with van der Waals surface area (Å²) in [6, 6.07) is 3.02. The molecule has 0 bridgehead atoms. The highest BCUT2D eigenvalue weighted by Crippen LogP contribution is 2.15. The molecule has 0 radical (unpaired) electrons. The third-order valence-corrected chi connectivity index (χ3v) is 4.05. The van der Waals surface area contributed by atoms with Crippen molar-refractivity contribution in [2.24, 2.45) is 0 Å². The van der Waals surface area contributed by atoms with Gasteiger partial charge in [-0.05, 0) is 59.7 Å². The van der Waals surface area contributed by atoms with Gasteiger partial charge in [0.25, 0.3) is 0 Å². The molecule has 104 valence electrons. The fraction of sp³-hybridized carbons (Fsp3) is 0.929. The van der Waals surface area contributed by atoms with Crippen LogP contribution in [0.3, 0.4) is 0 Å². The molecule has 0 amide bonds. The first-order valence-corrected chi connectivity index (χ1v) is 6.99. The zero-order valence-electron chi connectivity index (χ0n) is 12.0. The van der Waals surface area contributed by atoms with Crippen molar-refractivity contribution in [2.75, 3.05) is 33.9 Å². The van der Waals surface area contributed by atoms with E-state index in [2.05, 4.69) is 23.3 Å². The minimum Gasteiger partial charge on any atom is -0.381 e. The minimum atomic E-state index is -0.364. The summed E-state index contributed by atoms with van der Waals surface area (Å²) in [5.41, 5.74) is -0.364. The van der Waals surface area contributed by atoms with Crippen molar-refractivity contribution < 1.29 is 4.74 Å². The van der Waals surface area contributed by atoms with Crippen LogP contribution in [0, 0.1) is 11.3 Å². The monoisotopic (exact) mass is 253 g/mol. The molecule has 1 aliphatic rings. The van der Waals surface area contributed by atoms with Crippen LogP contribution in [-0.4, -0.2) is 50.3 Å². The van der Waals surface area contributed by atoms with E-state index in [-0.39, 0.29) is 5.54 Å². The average Bonchev–Trinajstić information content (AvgIpc) is 2.44. The van der Waals surface area contributed by atoms with E-state index < -0.39 is 0 Å². The molecule has 1 rings (SSSR count). The van der Waals surface area contributed by atoms with Crippen LogP contribution < -0.4 is 5.32 Å². The number of hydrogen-bond acceptors (Lipinski definition) is 4. The molecule has 0 aromatic heterocycles. The fourth-order valence-corrected chi connectivity index (χ4v) is 2.39. The molecule has 1 saturated heterocycles. The summed E-state index contributed by atoms with van der Waals surface area (Å²) in [5, 5.41) is 12.1. The van der Waals surface area contributed by atoms with Gasteiger partial charge in [-0.25, -0.2) is 0 Å². The first-order valence-electron chi connectivity index (χ1n) is 6.99. The van der Waals surface area contributed by atoms with E-state index in [1.165, 1.54) is 0 Å². The molecule has 18 heavy (non-hydrogen) atoms. The quantitative estimate of drug-likeness (QED) is 0.703. The van der Waals surface area contributed by atoms with Crippen LogP contribution in [0.5, 0.6) is 0 Å². The number of nitrogens with zero attached hydrogens (tertiary/aromatic N) is 2. The highest BCUT2D eigenvalue weighted by Gasteiger charge is 2.21. The molecule has 1 heterocycles. The van der Waals surface area contributed by atoms with Crippen LogP contribution in [0.2, 0.25) is 0 Å². The van der Waals surface area contributed by atoms with Crippen LogP contribution >= 0.6 is 0 Å². The average molecular weight is 253 g/mol. The van der Waals surface area contributed by atoms with Gasteiger partial charge in [-0.15, -0.1) is 0 Å². The molecular weight excluding hydrogens is 226 g/mol. The highest BCUT2D eigenvalue weighted by molar-refractivity contribution is 5.02. The number of hydrogen-bond donors (Lipinski definition) is 1. The van der Waals surface area contributed by atoms with Gasteiger partial charge in [0.2, 0.25) is 0 Å². The summed E-state index contributed by atoms with van der Waals surface area (Å²) in [7, 11) is 4.06. The lowest BCUT2D eigenvalue weighted by Crippen LogP contribution is -2.39. The van der Waals surface area contributed by atoms with Crippen LogP contribution in [-0.2, 0) is 4.74 Å². The van der Waals surface area contributed by atoms with Crippen molar-refractivity contribution in [1.29, 1.82) is 5.26 Å². The highest BCUT2D eigenvalue weighted by atomic mass is 16.5. The van der Waals surface area contributed by atoms with Gasteiger partial charge in [-0.2, -0.15) is 5.26 Å². The van der Waals surface area contributed by atoms with E-state index in [1.54, 1.807) is 0 Å². The molecule has 1 unspecified atom stereocenters. The van der Waals surface area contributed by atoms with Gasteiger partial charge in [0.15, 0.2) is 0 Å². The molecule has 4 heteroatoms. The van der Waals surface area contributed by atoms with Gasteiger partial charge in [0, 0.05) is 19.3 Å². The van der Waals surface area contributed by atoms with E-state index in [0.717, 1.165) is 51.9 Å². The lowest BCUT2D eigenvalue weighted by molar-refractivity contribution is 0.0425. The Kier molecular flexibility index (Phi) is 6.62. The summed E-state index contributed by atoms with van der Waals surface area (Å²) in [4.78, 5) is 2.45. The van der Waals surface area contributed by atoms with Gasteiger partial charge in [-0.3, -0.25) is 0 Å². The Labute approximate surface area is 111 Å². The van der Waals surface area contributed by atoms with Crippen molar-refractivity contribution in [3.63, 3.8) is 0 Å². The molecular formula is C14H27N3O. The molecule has 4 nitrogen and oxygen atoms in total. The Morgan fingerprint density at radius 1 is 1.39 bits per heavy atom. The lowest BCUT2D eigenvalue weighted by Gasteiger charge is -2.31. The van der Waals surface area contributed by atoms with Crippen LogP contribution in [0.15, 0.2) is 0 Å². The Balaban J connectivity index is 2.15. The van der Waals surface area contributed by atoms with E-state index in [9.17, 15) is 0 Å². The molecule has 0 aliphatic carbocycles. The summed E-state index contributed by atoms with van der Waals surface area (Å²) in [6.45, 7) is 4.90. The molecule has 1 N–H and O–H groups in total. The second-order valence-corrected chi connectivity index (χ2v) is 5.48. The van der Waals surface area contributed by atoms with Gasteiger partial charge < -0.3 is 15.0 Å². The summed E-state index contributed by atoms with van der Waals surface area (Å²) < 4.78 is 5.38. The zero-order valence-corrected chi connectivity index (χ0v) is 12.0. The van der Waals surface area contributed by atoms with Gasteiger partial charge in [0.05, 0.1) is 6.07 Å². The van der Waals surface area contributed by atoms with Crippen molar-refractivity contribution in [2.45, 2.75) is 50.6 Å². The second-order valence-electron chi connectivity index (χ2n) is 5.48. The Bertz CT molecular complexity index is 271. The molecule has 0 aromatic carbocycles. The van der Waals surface area contributed by atoms with Crippen molar-refractivity contribution >= 4 is 0 Å². The maximum atomic E-state index is 9.06. The number of rotatable bonds is 7. The normalized spacial score (nSPS) is 20.6. The van der Waals surface area contributed by atoms with Crippen LogP contribution in [0.4, 0.5) is 0 Å². The molecule has 0 aromatic rings. The van der Waals surface area contributed by atoms with Gasteiger partial charge in [-0.1, -0.05) is 0 Å². The summed E-state index contributed by atoms with van der Waals surface area (Å²) >= 11 is 0. The molecule has 0 spiro atoms. The Morgan fingerprint density at radius 2 is 2.06 bits per heavy atom. The van der Waals surface area contributed by atoms with Crippen LogP contribution in [0.25, 0.3) is 0 Å². The van der Waals surface area contributed by atoms with Crippen molar-refractivity contribution in [1.82, 2.24) is 10.2 Å². The van der Waals surface area contributed by atoms with E-state index >= 15 is 0 Å².